The molecular weight excluding hydrogens is 334 g/mol. The lowest BCUT2D eigenvalue weighted by Crippen LogP contribution is -2.47. The molecule has 3 amide bonds. The van der Waals surface area contributed by atoms with E-state index in [4.69, 9.17) is 5.73 Å². The van der Waals surface area contributed by atoms with E-state index in [1.807, 2.05) is 17.5 Å². The maximum Gasteiger partial charge on any atom is 0.318 e. The molecule has 0 saturated carbocycles. The second-order valence-corrected chi connectivity index (χ2v) is 7.01. The largest absolute Gasteiger partial charge is 0.351 e. The quantitative estimate of drug-likeness (QED) is 0.676. The summed E-state index contributed by atoms with van der Waals surface area (Å²) in [5, 5.41) is 7.42. The average Bonchev–Trinajstić information content (AvgIpc) is 3.12. The van der Waals surface area contributed by atoms with Crippen LogP contribution >= 0.6 is 11.3 Å². The van der Waals surface area contributed by atoms with Crippen LogP contribution < -0.4 is 16.4 Å². The smallest absolute Gasteiger partial charge is 0.318 e. The van der Waals surface area contributed by atoms with Crippen molar-refractivity contribution in [1.82, 2.24) is 10.6 Å². The molecule has 0 unspecified atom stereocenters. The number of benzene rings is 1. The molecule has 0 bridgehead atoms. The minimum Gasteiger partial charge on any atom is -0.351 e. The fourth-order valence-corrected chi connectivity index (χ4v) is 3.42. The van der Waals surface area contributed by atoms with E-state index in [-0.39, 0.29) is 6.04 Å². The zero-order chi connectivity index (χ0) is 18.2. The summed E-state index contributed by atoms with van der Waals surface area (Å²) >= 11 is 1.63. The van der Waals surface area contributed by atoms with Crippen molar-refractivity contribution in [3.63, 3.8) is 0 Å². The monoisotopic (exact) mass is 359 g/mol. The predicted octanol–water partition coefficient (Wildman–Crippen LogP) is 3.35. The Hall–Kier alpha value is -2.18. The highest BCUT2D eigenvalue weighted by molar-refractivity contribution is 7.10. The van der Waals surface area contributed by atoms with Crippen LogP contribution in [0.2, 0.25) is 0 Å². The number of imide groups is 1. The molecule has 5 nitrogen and oxygen atoms in total. The highest BCUT2D eigenvalue weighted by Gasteiger charge is 2.22. The summed E-state index contributed by atoms with van der Waals surface area (Å²) in [6, 6.07) is 11.0. The van der Waals surface area contributed by atoms with Crippen LogP contribution in [0, 0.1) is 0 Å². The highest BCUT2D eigenvalue weighted by atomic mass is 32.1. The van der Waals surface area contributed by atoms with Crippen molar-refractivity contribution >= 4 is 23.3 Å². The molecule has 134 valence electrons. The van der Waals surface area contributed by atoms with Gasteiger partial charge in [0, 0.05) is 4.88 Å². The molecule has 2 rings (SSSR count). The molecule has 0 aliphatic rings. The summed E-state index contributed by atoms with van der Waals surface area (Å²) < 4.78 is 0. The van der Waals surface area contributed by atoms with Crippen molar-refractivity contribution < 1.29 is 9.59 Å². The summed E-state index contributed by atoms with van der Waals surface area (Å²) in [4.78, 5) is 24.0. The Balaban J connectivity index is 2.16. The summed E-state index contributed by atoms with van der Waals surface area (Å²) in [5.74, 6) is -0.436. The Bertz CT molecular complexity index is 683. The number of carbonyl (C=O) groups is 2. The van der Waals surface area contributed by atoms with E-state index in [2.05, 4.69) is 41.8 Å². The second-order valence-electron chi connectivity index (χ2n) is 6.04. The summed E-state index contributed by atoms with van der Waals surface area (Å²) in [5.41, 5.74) is 7.43. The van der Waals surface area contributed by atoms with Crippen molar-refractivity contribution in [2.75, 3.05) is 0 Å². The molecule has 25 heavy (non-hydrogen) atoms. The fraction of sp³-hybridized carbons (Fsp3) is 0.368. The van der Waals surface area contributed by atoms with Crippen molar-refractivity contribution in [2.24, 2.45) is 5.73 Å². The van der Waals surface area contributed by atoms with Crippen molar-refractivity contribution in [3.05, 3.63) is 57.8 Å². The lowest BCUT2D eigenvalue weighted by Gasteiger charge is -2.22. The standard InChI is InChI=1S/C19H25N3O2S/c1-3-4-6-14-8-10-15(11-9-14)17(16-7-5-12-25-16)21-13(2)18(23)22-19(20)24/h5,7-13,17,21H,3-4,6H2,1-2H3,(H3,20,22,23,24)/t13-,17+/m1/s1. The Morgan fingerprint density at radius 1 is 1.20 bits per heavy atom. The van der Waals surface area contributed by atoms with Crippen molar-refractivity contribution in [2.45, 2.75) is 45.2 Å². The first-order valence-corrected chi connectivity index (χ1v) is 9.37. The molecule has 4 N–H and O–H groups in total. The summed E-state index contributed by atoms with van der Waals surface area (Å²) in [6.45, 7) is 3.90. The zero-order valence-corrected chi connectivity index (χ0v) is 15.4. The Labute approximate surface area is 152 Å². The predicted molar refractivity (Wildman–Crippen MR) is 102 cm³/mol. The molecular formula is C19H25N3O2S. The van der Waals surface area contributed by atoms with E-state index >= 15 is 0 Å². The van der Waals surface area contributed by atoms with Crippen LogP contribution in [0.1, 0.15) is 48.7 Å². The summed E-state index contributed by atoms with van der Waals surface area (Å²) in [6.07, 6.45) is 3.43. The highest BCUT2D eigenvalue weighted by Crippen LogP contribution is 2.27. The number of aryl methyl sites for hydroxylation is 1. The third kappa shape index (κ3) is 5.69. The number of primary amides is 1. The first kappa shape index (κ1) is 19.1. The van der Waals surface area contributed by atoms with E-state index < -0.39 is 18.0 Å². The molecule has 0 spiro atoms. The molecule has 0 aliphatic carbocycles. The second kappa shape index (κ2) is 9.34. The van der Waals surface area contributed by atoms with Gasteiger partial charge < -0.3 is 5.73 Å². The van der Waals surface area contributed by atoms with Gasteiger partial charge in [0.1, 0.15) is 0 Å². The SMILES string of the molecule is CCCCc1ccc([C@H](N[C@H](C)C(=O)NC(N)=O)c2cccs2)cc1. The molecule has 0 saturated heterocycles. The molecule has 2 aromatic rings. The first-order valence-electron chi connectivity index (χ1n) is 8.49. The van der Waals surface area contributed by atoms with Crippen molar-refractivity contribution in [1.29, 1.82) is 0 Å². The van der Waals surface area contributed by atoms with Gasteiger partial charge in [0.2, 0.25) is 5.91 Å². The molecule has 0 radical (unpaired) electrons. The third-order valence-corrected chi connectivity index (χ3v) is 4.95. The number of carbonyl (C=O) groups excluding carboxylic acids is 2. The van der Waals surface area contributed by atoms with E-state index in [9.17, 15) is 9.59 Å². The van der Waals surface area contributed by atoms with E-state index in [1.165, 1.54) is 18.4 Å². The molecule has 1 aromatic heterocycles. The van der Waals surface area contributed by atoms with Gasteiger partial charge in [0.25, 0.3) is 0 Å². The van der Waals surface area contributed by atoms with Crippen LogP contribution in [0.4, 0.5) is 4.79 Å². The number of hydrogen-bond acceptors (Lipinski definition) is 4. The average molecular weight is 359 g/mol. The minimum absolute atomic E-state index is 0.117. The van der Waals surface area contributed by atoms with E-state index in [0.717, 1.165) is 16.9 Å². The molecule has 1 heterocycles. The van der Waals surface area contributed by atoms with E-state index in [0.29, 0.717) is 0 Å². The minimum atomic E-state index is -0.841. The number of nitrogens with two attached hydrogens (primary N) is 1. The van der Waals surface area contributed by atoms with E-state index in [1.54, 1.807) is 18.3 Å². The van der Waals surface area contributed by atoms with Crippen LogP contribution in [0.3, 0.4) is 0 Å². The maximum atomic E-state index is 12.0. The van der Waals surface area contributed by atoms with Crippen LogP contribution in [-0.4, -0.2) is 18.0 Å². The number of unbranched alkanes of at least 4 members (excludes halogenated alkanes) is 1. The lowest BCUT2D eigenvalue weighted by atomic mass is 10.0. The number of urea groups is 1. The fourth-order valence-electron chi connectivity index (χ4n) is 2.61. The molecule has 0 fully saturated rings. The van der Waals surface area contributed by atoms with Gasteiger partial charge in [-0.15, -0.1) is 11.3 Å². The Morgan fingerprint density at radius 2 is 1.92 bits per heavy atom. The van der Waals surface area contributed by atoms with Gasteiger partial charge in [-0.25, -0.2) is 4.79 Å². The number of amides is 3. The van der Waals surface area contributed by atoms with Gasteiger partial charge >= 0.3 is 6.03 Å². The maximum absolute atomic E-state index is 12.0. The van der Waals surface area contributed by atoms with Crippen LogP contribution in [0.15, 0.2) is 41.8 Å². The van der Waals surface area contributed by atoms with Crippen LogP contribution in [0.5, 0.6) is 0 Å². The lowest BCUT2D eigenvalue weighted by molar-refractivity contribution is -0.121. The van der Waals surface area contributed by atoms with Gasteiger partial charge in [0.15, 0.2) is 0 Å². The third-order valence-electron chi connectivity index (χ3n) is 4.02. The Kier molecular flexibility index (Phi) is 7.16. The number of nitrogens with one attached hydrogen (secondary N) is 2. The summed E-state index contributed by atoms with van der Waals surface area (Å²) in [7, 11) is 0. The topological polar surface area (TPSA) is 84.2 Å². The van der Waals surface area contributed by atoms with Crippen LogP contribution in [-0.2, 0) is 11.2 Å². The van der Waals surface area contributed by atoms with Gasteiger partial charge in [-0.2, -0.15) is 0 Å². The molecule has 1 aromatic carbocycles. The van der Waals surface area contributed by atoms with Gasteiger partial charge in [0.05, 0.1) is 12.1 Å². The normalized spacial score (nSPS) is 13.2. The number of hydrogen-bond donors (Lipinski definition) is 3. The van der Waals surface area contributed by atoms with Gasteiger partial charge in [-0.1, -0.05) is 43.7 Å². The molecule has 6 heteroatoms. The molecule has 2 atom stereocenters. The van der Waals surface area contributed by atoms with Crippen molar-refractivity contribution in [3.8, 4) is 0 Å². The van der Waals surface area contributed by atoms with Gasteiger partial charge in [-0.3, -0.25) is 15.4 Å². The molecule has 0 aliphatic heterocycles. The first-order chi connectivity index (χ1) is 12.0. The number of rotatable bonds is 8. The number of thiophene rings is 1. The zero-order valence-electron chi connectivity index (χ0n) is 14.6. The van der Waals surface area contributed by atoms with Gasteiger partial charge in [-0.05, 0) is 42.3 Å². The van der Waals surface area contributed by atoms with Crippen LogP contribution in [0.25, 0.3) is 0 Å². The Morgan fingerprint density at radius 3 is 2.48 bits per heavy atom.